The van der Waals surface area contributed by atoms with E-state index in [9.17, 15) is 14.7 Å². The van der Waals surface area contributed by atoms with Crippen LogP contribution in [0.25, 0.3) is 0 Å². The van der Waals surface area contributed by atoms with Gasteiger partial charge in [0, 0.05) is 32.2 Å². The Morgan fingerprint density at radius 1 is 1.39 bits per heavy atom. The third-order valence-corrected chi connectivity index (χ3v) is 3.11. The van der Waals surface area contributed by atoms with Crippen LogP contribution in [0.2, 0.25) is 0 Å². The predicted octanol–water partition coefficient (Wildman–Crippen LogP) is -1.29. The van der Waals surface area contributed by atoms with E-state index in [1.807, 2.05) is 0 Å². The number of carbonyl (C=O) groups is 2. The molecule has 1 heterocycles. The number of ether oxygens (including phenoxy) is 1. The Bertz CT molecular complexity index is 302. The lowest BCUT2D eigenvalue weighted by Gasteiger charge is -2.37. The van der Waals surface area contributed by atoms with Crippen molar-refractivity contribution in [2.45, 2.75) is 31.3 Å². The number of carbonyl (C=O) groups excluding carboxylic acids is 1. The maximum absolute atomic E-state index is 11.0. The van der Waals surface area contributed by atoms with E-state index in [-0.39, 0.29) is 13.2 Å². The van der Waals surface area contributed by atoms with Gasteiger partial charge in [0.1, 0.15) is 6.04 Å². The molecular formula is C11H20N2O5. The van der Waals surface area contributed by atoms with Gasteiger partial charge in [-0.25, -0.2) is 4.79 Å². The first-order chi connectivity index (χ1) is 8.49. The molecular weight excluding hydrogens is 240 g/mol. The Labute approximate surface area is 106 Å². The van der Waals surface area contributed by atoms with Crippen LogP contribution in [0, 0.1) is 0 Å². The summed E-state index contributed by atoms with van der Waals surface area (Å²) in [5.74, 6) is -1.49. The third kappa shape index (κ3) is 4.25. The summed E-state index contributed by atoms with van der Waals surface area (Å²) in [5.41, 5.74) is -0.510. The Hall–Kier alpha value is -1.18. The molecule has 18 heavy (non-hydrogen) atoms. The van der Waals surface area contributed by atoms with Crippen molar-refractivity contribution in [2.75, 3.05) is 26.4 Å². The average Bonchev–Trinajstić information content (AvgIpc) is 2.35. The van der Waals surface area contributed by atoms with Crippen molar-refractivity contribution in [3.8, 4) is 0 Å². The number of rotatable bonds is 6. The number of carboxylic acid groups (broad SMARTS) is 1. The van der Waals surface area contributed by atoms with E-state index in [0.717, 1.165) is 0 Å². The molecule has 1 aliphatic heterocycles. The Morgan fingerprint density at radius 2 is 2.00 bits per heavy atom. The van der Waals surface area contributed by atoms with Crippen molar-refractivity contribution in [3.63, 3.8) is 0 Å². The SMILES string of the molecule is CC(=O)NC(CNC1(CO)CCOCC1)C(=O)O. The summed E-state index contributed by atoms with van der Waals surface area (Å²) in [6.45, 7) is 2.33. The number of hydrogen-bond donors (Lipinski definition) is 4. The highest BCUT2D eigenvalue weighted by atomic mass is 16.5. The minimum atomic E-state index is -1.10. The summed E-state index contributed by atoms with van der Waals surface area (Å²) in [4.78, 5) is 21.8. The zero-order valence-electron chi connectivity index (χ0n) is 10.4. The lowest BCUT2D eigenvalue weighted by atomic mass is 9.90. The van der Waals surface area contributed by atoms with Crippen molar-refractivity contribution in [1.29, 1.82) is 0 Å². The van der Waals surface area contributed by atoms with Gasteiger partial charge in [-0.2, -0.15) is 0 Å². The van der Waals surface area contributed by atoms with E-state index in [4.69, 9.17) is 9.84 Å². The van der Waals surface area contributed by atoms with Crippen LogP contribution in [0.3, 0.4) is 0 Å². The third-order valence-electron chi connectivity index (χ3n) is 3.11. The topological polar surface area (TPSA) is 108 Å². The molecule has 1 rings (SSSR count). The van der Waals surface area contributed by atoms with Crippen LogP contribution in [0.15, 0.2) is 0 Å². The number of hydrogen-bond acceptors (Lipinski definition) is 5. The Morgan fingerprint density at radius 3 is 2.44 bits per heavy atom. The molecule has 104 valence electrons. The normalized spacial score (nSPS) is 20.1. The standard InChI is InChI=1S/C11H20N2O5/c1-8(15)13-9(10(16)17)6-12-11(7-14)2-4-18-5-3-11/h9,12,14H,2-7H2,1H3,(H,13,15)(H,16,17). The van der Waals surface area contributed by atoms with Crippen molar-refractivity contribution >= 4 is 11.9 Å². The van der Waals surface area contributed by atoms with E-state index >= 15 is 0 Å². The molecule has 1 unspecified atom stereocenters. The van der Waals surface area contributed by atoms with Gasteiger partial charge < -0.3 is 25.6 Å². The molecule has 4 N–H and O–H groups in total. The second-order valence-electron chi connectivity index (χ2n) is 4.52. The summed E-state index contributed by atoms with van der Waals surface area (Å²) in [6, 6.07) is -0.992. The lowest BCUT2D eigenvalue weighted by molar-refractivity contribution is -0.141. The predicted molar refractivity (Wildman–Crippen MR) is 63.1 cm³/mol. The molecule has 1 aliphatic rings. The minimum Gasteiger partial charge on any atom is -0.480 e. The Kier molecular flexibility index (Phi) is 5.52. The van der Waals surface area contributed by atoms with Crippen LogP contribution in [0.1, 0.15) is 19.8 Å². The van der Waals surface area contributed by atoms with Gasteiger partial charge in [0.25, 0.3) is 0 Å². The fourth-order valence-electron chi connectivity index (χ4n) is 1.92. The zero-order valence-corrected chi connectivity index (χ0v) is 10.4. The fraction of sp³-hybridized carbons (Fsp3) is 0.818. The molecule has 0 aliphatic carbocycles. The Balaban J connectivity index is 2.53. The van der Waals surface area contributed by atoms with Crippen LogP contribution < -0.4 is 10.6 Å². The quantitative estimate of drug-likeness (QED) is 0.473. The molecule has 7 nitrogen and oxygen atoms in total. The van der Waals surface area contributed by atoms with Gasteiger partial charge in [-0.3, -0.25) is 4.79 Å². The van der Waals surface area contributed by atoms with Crippen LogP contribution in [-0.2, 0) is 14.3 Å². The van der Waals surface area contributed by atoms with Gasteiger partial charge in [0.15, 0.2) is 0 Å². The second kappa shape index (κ2) is 6.67. The number of amides is 1. The van der Waals surface area contributed by atoms with E-state index in [2.05, 4.69) is 10.6 Å². The molecule has 0 aromatic heterocycles. The van der Waals surface area contributed by atoms with E-state index in [0.29, 0.717) is 26.1 Å². The summed E-state index contributed by atoms with van der Waals surface area (Å²) >= 11 is 0. The highest BCUT2D eigenvalue weighted by molar-refractivity contribution is 5.82. The number of nitrogens with one attached hydrogen (secondary N) is 2. The molecule has 1 atom stereocenters. The average molecular weight is 260 g/mol. The summed E-state index contributed by atoms with van der Waals surface area (Å²) < 4.78 is 5.21. The molecule has 0 aromatic carbocycles. The van der Waals surface area contributed by atoms with Crippen LogP contribution in [0.5, 0.6) is 0 Å². The van der Waals surface area contributed by atoms with Gasteiger partial charge in [-0.15, -0.1) is 0 Å². The van der Waals surface area contributed by atoms with Crippen LogP contribution >= 0.6 is 0 Å². The van der Waals surface area contributed by atoms with Gasteiger partial charge in [-0.05, 0) is 12.8 Å². The molecule has 0 radical (unpaired) electrons. The first-order valence-corrected chi connectivity index (χ1v) is 5.93. The van der Waals surface area contributed by atoms with Crippen molar-refractivity contribution in [3.05, 3.63) is 0 Å². The summed E-state index contributed by atoms with van der Waals surface area (Å²) in [6.07, 6.45) is 1.24. The first-order valence-electron chi connectivity index (χ1n) is 5.93. The smallest absolute Gasteiger partial charge is 0.327 e. The molecule has 7 heteroatoms. The molecule has 0 spiro atoms. The number of aliphatic hydroxyl groups is 1. The highest BCUT2D eigenvalue weighted by Crippen LogP contribution is 2.19. The fourth-order valence-corrected chi connectivity index (χ4v) is 1.92. The minimum absolute atomic E-state index is 0.0788. The molecule has 0 saturated carbocycles. The van der Waals surface area contributed by atoms with Crippen LogP contribution in [-0.4, -0.2) is 60.0 Å². The monoisotopic (exact) mass is 260 g/mol. The summed E-state index contributed by atoms with van der Waals surface area (Å²) in [7, 11) is 0. The van der Waals surface area contributed by atoms with E-state index in [1.165, 1.54) is 6.92 Å². The maximum atomic E-state index is 11.0. The number of aliphatic carboxylic acids is 1. The molecule has 1 saturated heterocycles. The number of carboxylic acids is 1. The van der Waals surface area contributed by atoms with E-state index < -0.39 is 23.5 Å². The number of aliphatic hydroxyl groups excluding tert-OH is 1. The first kappa shape index (κ1) is 14.9. The lowest BCUT2D eigenvalue weighted by Crippen LogP contribution is -2.57. The van der Waals surface area contributed by atoms with E-state index in [1.54, 1.807) is 0 Å². The highest BCUT2D eigenvalue weighted by Gasteiger charge is 2.33. The molecule has 1 amide bonds. The van der Waals surface area contributed by atoms with Crippen LogP contribution in [0.4, 0.5) is 0 Å². The maximum Gasteiger partial charge on any atom is 0.327 e. The molecule has 1 fully saturated rings. The van der Waals surface area contributed by atoms with Crippen molar-refractivity contribution in [1.82, 2.24) is 10.6 Å². The van der Waals surface area contributed by atoms with Crippen molar-refractivity contribution < 1.29 is 24.5 Å². The molecule has 0 aromatic rings. The van der Waals surface area contributed by atoms with Gasteiger partial charge in [-0.1, -0.05) is 0 Å². The van der Waals surface area contributed by atoms with Gasteiger partial charge >= 0.3 is 5.97 Å². The van der Waals surface area contributed by atoms with Gasteiger partial charge in [0.05, 0.1) is 6.61 Å². The van der Waals surface area contributed by atoms with Crippen molar-refractivity contribution in [2.24, 2.45) is 0 Å². The zero-order chi connectivity index (χ0) is 13.6. The second-order valence-corrected chi connectivity index (χ2v) is 4.52. The van der Waals surface area contributed by atoms with Gasteiger partial charge in [0.2, 0.25) is 5.91 Å². The summed E-state index contributed by atoms with van der Waals surface area (Å²) in [5, 5.41) is 23.8. The largest absolute Gasteiger partial charge is 0.480 e. The molecule has 0 bridgehead atoms.